The first kappa shape index (κ1) is 20.6. The molecule has 1 amide bonds. The molecule has 0 spiro atoms. The number of hydrazone groups is 1. The maximum Gasteiger partial charge on any atom is 0.272 e. The third-order valence-electron chi connectivity index (χ3n) is 4.57. The Morgan fingerprint density at radius 1 is 1.14 bits per heavy atom. The summed E-state index contributed by atoms with van der Waals surface area (Å²) in [5, 5.41) is 14.1. The highest BCUT2D eigenvalue weighted by Gasteiger charge is 2.18. The summed E-state index contributed by atoms with van der Waals surface area (Å²) in [5.74, 6) is 0.130. The maximum atomic E-state index is 12.8. The average Bonchev–Trinajstić information content (AvgIpc) is 2.81. The van der Waals surface area contributed by atoms with Crippen LogP contribution in [0.2, 0.25) is 0 Å². The molecular weight excluding hydrogens is 484 g/mol. The topological polar surface area (TPSA) is 61.7 Å². The largest absolute Gasteiger partial charge is 0.506 e. The van der Waals surface area contributed by atoms with E-state index in [1.54, 1.807) is 12.1 Å². The number of amides is 1. The van der Waals surface area contributed by atoms with Crippen LogP contribution in [0.4, 0.5) is 0 Å². The van der Waals surface area contributed by atoms with Crippen molar-refractivity contribution in [3.8, 4) is 16.9 Å². The number of hydrogen-bond acceptors (Lipinski definition) is 3. The van der Waals surface area contributed by atoms with Crippen molar-refractivity contribution in [1.29, 1.82) is 0 Å². The molecular formula is C22H20Br2N2O2. The molecule has 6 heteroatoms. The van der Waals surface area contributed by atoms with Gasteiger partial charge in [-0.15, -0.1) is 0 Å². The summed E-state index contributed by atoms with van der Waals surface area (Å²) in [7, 11) is 0. The Hall–Kier alpha value is -2.18. The lowest BCUT2D eigenvalue weighted by atomic mass is 10.0. The molecule has 0 saturated carbocycles. The predicted molar refractivity (Wildman–Crippen MR) is 120 cm³/mol. The zero-order valence-electron chi connectivity index (χ0n) is 15.8. The van der Waals surface area contributed by atoms with Gasteiger partial charge in [0.25, 0.3) is 5.91 Å². The normalized spacial score (nSPS) is 11.5. The standard InChI is InChI=1S/C22H20Br2N2O2/c1-12(2)14-5-4-6-17-13(3)7-19(18(17)9-14)22(28)26-25-11-15-8-16(23)10-20(24)21(15)27/h4-12,27H,1-3H3,(H,26,28)/b25-11+. The number of halogens is 2. The van der Waals surface area contributed by atoms with Crippen LogP contribution >= 0.6 is 31.9 Å². The fraction of sp³-hybridized carbons (Fsp3) is 0.182. The second kappa shape index (κ2) is 8.45. The molecule has 0 saturated heterocycles. The molecule has 0 unspecified atom stereocenters. The molecule has 2 N–H and O–H groups in total. The summed E-state index contributed by atoms with van der Waals surface area (Å²) in [6, 6.07) is 13.5. The fourth-order valence-corrected chi connectivity index (χ4v) is 4.29. The molecule has 4 nitrogen and oxygen atoms in total. The van der Waals surface area contributed by atoms with Gasteiger partial charge in [0, 0.05) is 15.6 Å². The van der Waals surface area contributed by atoms with E-state index in [-0.39, 0.29) is 11.7 Å². The van der Waals surface area contributed by atoms with E-state index in [4.69, 9.17) is 0 Å². The number of phenolic OH excluding ortho intramolecular Hbond substituents is 1. The van der Waals surface area contributed by atoms with Crippen molar-refractivity contribution in [2.75, 3.05) is 0 Å². The zero-order valence-corrected chi connectivity index (χ0v) is 18.9. The van der Waals surface area contributed by atoms with Crippen LogP contribution in [0.25, 0.3) is 11.1 Å². The van der Waals surface area contributed by atoms with Gasteiger partial charge in [-0.05, 0) is 69.2 Å². The minimum atomic E-state index is -0.288. The van der Waals surface area contributed by atoms with Crippen LogP contribution in [-0.2, 0) is 0 Å². The molecule has 0 aliphatic heterocycles. The van der Waals surface area contributed by atoms with Crippen molar-refractivity contribution in [3.63, 3.8) is 0 Å². The number of aryl methyl sites for hydroxylation is 1. The predicted octanol–water partition coefficient (Wildman–Crippen LogP) is 6.22. The summed E-state index contributed by atoms with van der Waals surface area (Å²) in [6.45, 7) is 6.25. The van der Waals surface area contributed by atoms with Gasteiger partial charge >= 0.3 is 0 Å². The van der Waals surface area contributed by atoms with Crippen LogP contribution < -0.4 is 5.43 Å². The lowest BCUT2D eigenvalue weighted by Gasteiger charge is -2.05. The van der Waals surface area contributed by atoms with Gasteiger partial charge in [0.2, 0.25) is 0 Å². The number of phenols is 1. The van der Waals surface area contributed by atoms with Crippen molar-refractivity contribution < 1.29 is 9.90 Å². The van der Waals surface area contributed by atoms with Crippen molar-refractivity contribution in [2.24, 2.45) is 5.10 Å². The quantitative estimate of drug-likeness (QED) is 0.328. The monoisotopic (exact) mass is 502 g/mol. The van der Waals surface area contributed by atoms with Gasteiger partial charge in [-0.2, -0.15) is 5.10 Å². The molecule has 0 radical (unpaired) electrons. The van der Waals surface area contributed by atoms with Crippen LogP contribution in [0.5, 0.6) is 5.75 Å². The summed E-state index contributed by atoms with van der Waals surface area (Å²) in [5.41, 5.74) is 7.81. The van der Waals surface area contributed by atoms with Gasteiger partial charge in [-0.25, -0.2) is 5.43 Å². The number of aromatic hydroxyl groups is 1. The van der Waals surface area contributed by atoms with Crippen LogP contribution in [-0.4, -0.2) is 17.2 Å². The van der Waals surface area contributed by atoms with Gasteiger partial charge in [0.1, 0.15) is 5.75 Å². The van der Waals surface area contributed by atoms with Crippen molar-refractivity contribution in [1.82, 2.24) is 5.43 Å². The Morgan fingerprint density at radius 2 is 1.89 bits per heavy atom. The Kier molecular flexibility index (Phi) is 6.20. The number of hydrogen-bond donors (Lipinski definition) is 2. The van der Waals surface area contributed by atoms with Gasteiger partial charge in [-0.3, -0.25) is 4.79 Å². The number of nitrogens with zero attached hydrogens (tertiary/aromatic N) is 1. The fourth-order valence-electron chi connectivity index (χ4n) is 3.03. The molecule has 1 aromatic rings. The number of nitrogens with one attached hydrogen (secondary N) is 1. The zero-order chi connectivity index (χ0) is 20.4. The first-order valence-electron chi connectivity index (χ1n) is 8.82. The third kappa shape index (κ3) is 4.28. The van der Waals surface area contributed by atoms with Crippen LogP contribution in [0.1, 0.15) is 46.8 Å². The van der Waals surface area contributed by atoms with E-state index in [2.05, 4.69) is 68.4 Å². The molecule has 0 aromatic heterocycles. The molecule has 0 fully saturated rings. The molecule has 1 aromatic carbocycles. The maximum absolute atomic E-state index is 12.8. The SMILES string of the molecule is Cc1cc(C(=O)N/N=C/c2cc(Br)cc(Br)c2O)c2cc(C(C)C)cccc1-2. The first-order chi connectivity index (χ1) is 13.3. The Morgan fingerprint density at radius 3 is 2.61 bits per heavy atom. The van der Waals surface area contributed by atoms with E-state index in [0.717, 1.165) is 21.2 Å². The average molecular weight is 504 g/mol. The van der Waals surface area contributed by atoms with Crippen LogP contribution in [0.3, 0.4) is 0 Å². The van der Waals surface area contributed by atoms with E-state index < -0.39 is 0 Å². The second-order valence-electron chi connectivity index (χ2n) is 6.92. The number of rotatable bonds is 4. The Bertz CT molecular complexity index is 1040. The van der Waals surface area contributed by atoms with Gasteiger partial charge < -0.3 is 5.11 Å². The smallest absolute Gasteiger partial charge is 0.272 e. The number of fused-ring (bicyclic) bond motifs is 1. The summed E-state index contributed by atoms with van der Waals surface area (Å²) in [6.07, 6.45) is 1.42. The van der Waals surface area contributed by atoms with Crippen molar-refractivity contribution in [2.45, 2.75) is 26.7 Å². The Balaban J connectivity index is 1.89. The van der Waals surface area contributed by atoms with E-state index in [1.807, 2.05) is 25.1 Å². The third-order valence-corrected chi connectivity index (χ3v) is 5.63. The summed E-state index contributed by atoms with van der Waals surface area (Å²) in [4.78, 5) is 12.8. The van der Waals surface area contributed by atoms with Gasteiger partial charge in [0.05, 0.1) is 10.7 Å². The molecule has 0 atom stereocenters. The molecule has 0 heterocycles. The van der Waals surface area contributed by atoms with Crippen molar-refractivity contribution >= 4 is 44.0 Å². The highest BCUT2D eigenvalue weighted by atomic mass is 79.9. The van der Waals surface area contributed by atoms with Crippen molar-refractivity contribution in [3.05, 3.63) is 73.7 Å². The van der Waals surface area contributed by atoms with E-state index in [9.17, 15) is 9.90 Å². The molecule has 3 rings (SSSR count). The van der Waals surface area contributed by atoms with Gasteiger partial charge in [-0.1, -0.05) is 54.0 Å². The van der Waals surface area contributed by atoms with E-state index in [0.29, 0.717) is 21.5 Å². The van der Waals surface area contributed by atoms with E-state index in [1.165, 1.54) is 11.8 Å². The number of carbonyl (C=O) groups excluding carboxylic acids is 1. The minimum absolute atomic E-state index is 0.0596. The molecule has 2 aliphatic rings. The van der Waals surface area contributed by atoms with E-state index >= 15 is 0 Å². The lowest BCUT2D eigenvalue weighted by molar-refractivity contribution is 0.0956. The first-order valence-corrected chi connectivity index (χ1v) is 10.4. The summed E-state index contributed by atoms with van der Waals surface area (Å²) >= 11 is 6.65. The summed E-state index contributed by atoms with van der Waals surface area (Å²) < 4.78 is 1.33. The number of carbonyl (C=O) groups is 1. The minimum Gasteiger partial charge on any atom is -0.506 e. The molecule has 144 valence electrons. The number of benzene rings is 1. The second-order valence-corrected chi connectivity index (χ2v) is 8.69. The highest BCUT2D eigenvalue weighted by molar-refractivity contribution is 9.11. The van der Waals surface area contributed by atoms with Crippen LogP contribution in [0.15, 0.2) is 56.5 Å². The molecule has 2 aliphatic carbocycles. The molecule has 28 heavy (non-hydrogen) atoms. The van der Waals surface area contributed by atoms with Crippen LogP contribution in [0, 0.1) is 6.92 Å². The highest BCUT2D eigenvalue weighted by Crippen LogP contribution is 2.33. The lowest BCUT2D eigenvalue weighted by Crippen LogP contribution is -2.17. The Labute approximate surface area is 181 Å². The van der Waals surface area contributed by atoms with Gasteiger partial charge in [0.15, 0.2) is 0 Å². The molecule has 0 bridgehead atoms.